The maximum absolute atomic E-state index is 14.3. The minimum absolute atomic E-state index is 0.0250. The normalized spacial score (nSPS) is 24.0. The van der Waals surface area contributed by atoms with E-state index >= 15 is 0 Å². The maximum atomic E-state index is 14.3. The predicted molar refractivity (Wildman–Crippen MR) is 181 cm³/mol. The van der Waals surface area contributed by atoms with Crippen molar-refractivity contribution in [1.82, 2.24) is 14.8 Å². The van der Waals surface area contributed by atoms with Crippen molar-refractivity contribution in [3.05, 3.63) is 54.1 Å². The number of nitrogens with zero attached hydrogens (tertiary/aromatic N) is 3. The van der Waals surface area contributed by atoms with Crippen molar-refractivity contribution in [2.24, 2.45) is 11.8 Å². The molecule has 2 aromatic carbocycles. The van der Waals surface area contributed by atoms with E-state index in [-0.39, 0.29) is 48.6 Å². The van der Waals surface area contributed by atoms with Gasteiger partial charge in [-0.25, -0.2) is 4.98 Å². The van der Waals surface area contributed by atoms with Gasteiger partial charge < -0.3 is 34.2 Å². The van der Waals surface area contributed by atoms with Crippen LogP contribution in [-0.4, -0.2) is 108 Å². The number of ether oxygens (including phenoxy) is 3. The van der Waals surface area contributed by atoms with E-state index < -0.39 is 18.3 Å². The van der Waals surface area contributed by atoms with Crippen LogP contribution in [0.1, 0.15) is 45.2 Å². The number of aromatic nitrogens is 1. The lowest BCUT2D eigenvalue weighted by Gasteiger charge is -2.42. The van der Waals surface area contributed by atoms with Gasteiger partial charge in [0.1, 0.15) is 24.1 Å². The molecule has 0 aliphatic carbocycles. The number of aliphatic hydroxyl groups is 2. The fourth-order valence-electron chi connectivity index (χ4n) is 5.86. The highest BCUT2D eigenvalue weighted by atomic mass is 32.2. The van der Waals surface area contributed by atoms with Crippen LogP contribution in [0.25, 0.3) is 10.2 Å². The SMILES string of the molecule is COc1cccc([C@@H]2[C@@H](C(C)C)CN(C(C)=O)C[C@H](OC)[C@@H](O)[C@@H](O)COCCCCN2C(=O)CSc2nc3ccccc3s2)c1. The van der Waals surface area contributed by atoms with Gasteiger partial charge >= 0.3 is 0 Å². The molecule has 4 rings (SSSR count). The average molecular weight is 674 g/mol. The maximum Gasteiger partial charge on any atom is 0.233 e. The summed E-state index contributed by atoms with van der Waals surface area (Å²) in [5.74, 6) is 0.545. The van der Waals surface area contributed by atoms with E-state index in [0.717, 1.165) is 20.1 Å². The number of fused-ring (bicyclic) bond motifs is 1. The molecule has 0 radical (unpaired) electrons. The van der Waals surface area contributed by atoms with Gasteiger partial charge in [-0.3, -0.25) is 9.59 Å². The molecule has 5 atom stereocenters. The van der Waals surface area contributed by atoms with E-state index in [4.69, 9.17) is 19.2 Å². The molecule has 1 aliphatic rings. The first-order chi connectivity index (χ1) is 22.1. The monoisotopic (exact) mass is 673 g/mol. The van der Waals surface area contributed by atoms with Crippen LogP contribution in [-0.2, 0) is 19.1 Å². The standard InChI is InChI=1S/C34H47N3O7S2/c1-22(2)26-18-36(23(3)38)19-29(43-5)33(41)28(39)20-44-16-9-8-15-37(32(26)24-11-10-12-25(17-24)42-4)31(40)21-45-34-35-27-13-6-7-14-30(27)46-34/h6-7,10-14,17,22,26,28-29,32-33,39,41H,8-9,15-16,18-21H2,1-5H3/t26-,28+,29+,32-,33+/m1/s1. The Kier molecular flexibility index (Phi) is 13.7. The number of rotatable bonds is 7. The Labute approximate surface area is 280 Å². The molecular formula is C34H47N3O7S2. The zero-order valence-corrected chi connectivity index (χ0v) is 29.0. The summed E-state index contributed by atoms with van der Waals surface area (Å²) in [4.78, 5) is 35.8. The quantitative estimate of drug-likeness (QED) is 0.346. The molecule has 46 heavy (non-hydrogen) atoms. The molecule has 12 heteroatoms. The van der Waals surface area contributed by atoms with Gasteiger partial charge in [-0.1, -0.05) is 49.9 Å². The average Bonchev–Trinajstić information content (AvgIpc) is 3.47. The van der Waals surface area contributed by atoms with Gasteiger partial charge in [-0.05, 0) is 48.6 Å². The lowest BCUT2D eigenvalue weighted by Crippen LogP contribution is -2.51. The second-order valence-corrected chi connectivity index (χ2v) is 14.2. The van der Waals surface area contributed by atoms with E-state index in [2.05, 4.69) is 13.8 Å². The van der Waals surface area contributed by atoms with E-state index in [1.807, 2.05) is 53.4 Å². The minimum atomic E-state index is -1.25. The third-order valence-corrected chi connectivity index (χ3v) is 10.7. The van der Waals surface area contributed by atoms with Crippen LogP contribution in [0.2, 0.25) is 0 Å². The Morgan fingerprint density at radius 3 is 2.59 bits per heavy atom. The number of thioether (sulfide) groups is 1. The van der Waals surface area contributed by atoms with Crippen LogP contribution < -0.4 is 4.74 Å². The van der Waals surface area contributed by atoms with Gasteiger partial charge in [-0.2, -0.15) is 0 Å². The summed E-state index contributed by atoms with van der Waals surface area (Å²) in [6.45, 7) is 6.83. The highest BCUT2D eigenvalue weighted by Gasteiger charge is 2.37. The number of aliphatic hydroxyl groups excluding tert-OH is 2. The molecule has 0 spiro atoms. The number of benzene rings is 2. The van der Waals surface area contributed by atoms with Crippen molar-refractivity contribution in [3.8, 4) is 5.75 Å². The summed E-state index contributed by atoms with van der Waals surface area (Å²) < 4.78 is 18.8. The number of amides is 2. The third-order valence-electron chi connectivity index (χ3n) is 8.53. The van der Waals surface area contributed by atoms with Crippen molar-refractivity contribution in [1.29, 1.82) is 0 Å². The third kappa shape index (κ3) is 9.42. The summed E-state index contributed by atoms with van der Waals surface area (Å²) in [6, 6.07) is 15.3. The van der Waals surface area contributed by atoms with Gasteiger partial charge in [0.25, 0.3) is 0 Å². The van der Waals surface area contributed by atoms with E-state index in [0.29, 0.717) is 38.3 Å². The fraction of sp³-hybridized carbons (Fsp3) is 0.559. The first kappa shape index (κ1) is 36.1. The molecule has 3 aromatic rings. The van der Waals surface area contributed by atoms with Crippen molar-refractivity contribution in [3.63, 3.8) is 0 Å². The Balaban J connectivity index is 1.74. The molecule has 1 fully saturated rings. The molecule has 0 saturated carbocycles. The first-order valence-corrected chi connectivity index (χ1v) is 17.6. The summed E-state index contributed by atoms with van der Waals surface area (Å²) >= 11 is 3.02. The van der Waals surface area contributed by atoms with Crippen LogP contribution in [0.15, 0.2) is 52.9 Å². The fourth-order valence-corrected chi connectivity index (χ4v) is 7.81. The largest absolute Gasteiger partial charge is 0.497 e. The number of thiazole rings is 1. The molecule has 2 heterocycles. The Hall–Kier alpha value is -2.74. The van der Waals surface area contributed by atoms with Gasteiger partial charge in [0.2, 0.25) is 11.8 Å². The topological polar surface area (TPSA) is 122 Å². The highest BCUT2D eigenvalue weighted by molar-refractivity contribution is 8.01. The Bertz CT molecular complexity index is 1390. The molecule has 2 N–H and O–H groups in total. The van der Waals surface area contributed by atoms with Crippen LogP contribution in [0.3, 0.4) is 0 Å². The number of hydrogen-bond acceptors (Lipinski definition) is 10. The van der Waals surface area contributed by atoms with E-state index in [1.54, 1.807) is 23.3 Å². The van der Waals surface area contributed by atoms with Crippen LogP contribution in [0, 0.1) is 11.8 Å². The number of carbonyl (C=O) groups is 2. The molecule has 10 nitrogen and oxygen atoms in total. The zero-order valence-electron chi connectivity index (χ0n) is 27.3. The van der Waals surface area contributed by atoms with Crippen LogP contribution >= 0.6 is 23.1 Å². The van der Waals surface area contributed by atoms with Crippen molar-refractivity contribution in [2.45, 2.75) is 62.3 Å². The molecule has 252 valence electrons. The second kappa shape index (κ2) is 17.4. The predicted octanol–water partition coefficient (Wildman–Crippen LogP) is 4.63. The lowest BCUT2D eigenvalue weighted by atomic mass is 9.82. The number of carbonyl (C=O) groups excluding carboxylic acids is 2. The molecule has 0 bridgehead atoms. The Morgan fingerprint density at radius 1 is 1.11 bits per heavy atom. The Morgan fingerprint density at radius 2 is 1.89 bits per heavy atom. The first-order valence-electron chi connectivity index (χ1n) is 15.8. The second-order valence-electron chi connectivity index (χ2n) is 12.0. The number of para-hydroxylation sites is 1. The van der Waals surface area contributed by atoms with Crippen molar-refractivity contribution >= 4 is 45.1 Å². The van der Waals surface area contributed by atoms with E-state index in [9.17, 15) is 19.8 Å². The summed E-state index contributed by atoms with van der Waals surface area (Å²) in [6.07, 6.45) is -1.94. The molecular weight excluding hydrogens is 627 g/mol. The van der Waals surface area contributed by atoms with Gasteiger partial charge in [0, 0.05) is 46.2 Å². The molecule has 1 saturated heterocycles. The number of methoxy groups -OCH3 is 2. The molecule has 1 aliphatic heterocycles. The smallest absolute Gasteiger partial charge is 0.233 e. The van der Waals surface area contributed by atoms with Crippen molar-refractivity contribution < 1.29 is 34.0 Å². The van der Waals surface area contributed by atoms with Gasteiger partial charge in [0.05, 0.1) is 35.7 Å². The van der Waals surface area contributed by atoms with Gasteiger partial charge in [-0.15, -0.1) is 11.3 Å². The van der Waals surface area contributed by atoms with Crippen molar-refractivity contribution in [2.75, 3.05) is 52.8 Å². The summed E-state index contributed by atoms with van der Waals surface area (Å²) in [5, 5.41) is 21.5. The van der Waals surface area contributed by atoms with Crippen LogP contribution in [0.5, 0.6) is 5.75 Å². The molecule has 1 aromatic heterocycles. The lowest BCUT2D eigenvalue weighted by molar-refractivity contribution is -0.139. The molecule has 2 amide bonds. The highest BCUT2D eigenvalue weighted by Crippen LogP contribution is 2.38. The van der Waals surface area contributed by atoms with E-state index in [1.165, 1.54) is 25.8 Å². The summed E-state index contributed by atoms with van der Waals surface area (Å²) in [5.41, 5.74) is 1.83. The minimum Gasteiger partial charge on any atom is -0.497 e. The van der Waals surface area contributed by atoms with Gasteiger partial charge in [0.15, 0.2) is 4.34 Å². The number of hydrogen-bond donors (Lipinski definition) is 2. The zero-order chi connectivity index (χ0) is 33.2. The van der Waals surface area contributed by atoms with Crippen LogP contribution in [0.4, 0.5) is 0 Å². The summed E-state index contributed by atoms with van der Waals surface area (Å²) in [7, 11) is 3.08. The molecule has 0 unspecified atom stereocenters.